The largest absolute Gasteiger partial charge is 0.337 e. The van der Waals surface area contributed by atoms with E-state index in [2.05, 4.69) is 17.6 Å². The Balaban J connectivity index is 2.41. The lowest BCUT2D eigenvalue weighted by molar-refractivity contribution is 0.444. The molecule has 3 heteroatoms. The molecule has 0 aliphatic carbocycles. The number of nitriles is 1. The molecule has 2 aliphatic rings. The molecule has 0 saturated heterocycles. The van der Waals surface area contributed by atoms with Crippen molar-refractivity contribution in [3.05, 3.63) is 36.3 Å². The molecule has 0 N–H and O–H groups in total. The third-order valence-electron chi connectivity index (χ3n) is 2.28. The van der Waals surface area contributed by atoms with Gasteiger partial charge in [0.05, 0.1) is 29.6 Å². The van der Waals surface area contributed by atoms with E-state index < -0.39 is 0 Å². The summed E-state index contributed by atoms with van der Waals surface area (Å²) in [6.07, 6.45) is 7.92. The van der Waals surface area contributed by atoms with Crippen LogP contribution in [0.3, 0.4) is 0 Å². The van der Waals surface area contributed by atoms with Crippen molar-refractivity contribution < 1.29 is 0 Å². The lowest BCUT2D eigenvalue weighted by Crippen LogP contribution is -2.24. The van der Waals surface area contributed by atoms with Gasteiger partial charge in [-0.3, -0.25) is 4.99 Å². The molecule has 0 saturated carbocycles. The summed E-state index contributed by atoms with van der Waals surface area (Å²) >= 11 is 0. The van der Waals surface area contributed by atoms with Gasteiger partial charge < -0.3 is 4.90 Å². The molecule has 2 aliphatic heterocycles. The first-order valence-corrected chi connectivity index (χ1v) is 4.11. The molecular formula is C10H9N3. The summed E-state index contributed by atoms with van der Waals surface area (Å²) in [7, 11) is 0. The Kier molecular flexibility index (Phi) is 1.75. The average molecular weight is 171 g/mol. The predicted octanol–water partition coefficient (Wildman–Crippen LogP) is 1.58. The Bertz CT molecular complexity index is 368. The molecule has 0 fully saturated rings. The van der Waals surface area contributed by atoms with Gasteiger partial charge in [-0.2, -0.15) is 5.26 Å². The number of fused-ring (bicyclic) bond motifs is 1. The molecule has 0 amide bonds. The summed E-state index contributed by atoms with van der Waals surface area (Å²) in [5.41, 5.74) is 1.70. The molecule has 0 aromatic carbocycles. The Hall–Kier alpha value is -1.82. The first kappa shape index (κ1) is 7.81. The lowest BCUT2D eigenvalue weighted by Gasteiger charge is -2.22. The van der Waals surface area contributed by atoms with Gasteiger partial charge in [-0.25, -0.2) is 0 Å². The van der Waals surface area contributed by atoms with Crippen molar-refractivity contribution in [1.29, 1.82) is 5.26 Å². The Labute approximate surface area is 77.0 Å². The molecule has 3 nitrogen and oxygen atoms in total. The molecule has 0 radical (unpaired) electrons. The van der Waals surface area contributed by atoms with Crippen LogP contribution in [0, 0.1) is 11.3 Å². The molecule has 13 heavy (non-hydrogen) atoms. The van der Waals surface area contributed by atoms with Gasteiger partial charge in [-0.05, 0) is 0 Å². The van der Waals surface area contributed by atoms with Gasteiger partial charge >= 0.3 is 0 Å². The highest BCUT2D eigenvalue weighted by atomic mass is 15.2. The van der Waals surface area contributed by atoms with E-state index >= 15 is 0 Å². The highest BCUT2D eigenvalue weighted by molar-refractivity contribution is 5.83. The van der Waals surface area contributed by atoms with Gasteiger partial charge in [-0.1, -0.05) is 6.08 Å². The van der Waals surface area contributed by atoms with E-state index in [4.69, 9.17) is 5.26 Å². The third-order valence-corrected chi connectivity index (χ3v) is 2.28. The van der Waals surface area contributed by atoms with Gasteiger partial charge in [0, 0.05) is 18.8 Å². The van der Waals surface area contributed by atoms with Crippen LogP contribution in [-0.2, 0) is 0 Å². The average Bonchev–Trinajstić information content (AvgIpc) is 2.56. The van der Waals surface area contributed by atoms with E-state index in [0.717, 1.165) is 17.7 Å². The molecule has 2 rings (SSSR count). The number of hydrogen-bond acceptors (Lipinski definition) is 3. The van der Waals surface area contributed by atoms with Crippen LogP contribution in [-0.4, -0.2) is 17.2 Å². The summed E-state index contributed by atoms with van der Waals surface area (Å²) in [5, 5.41) is 8.86. The van der Waals surface area contributed by atoms with Gasteiger partial charge in [0.2, 0.25) is 0 Å². The van der Waals surface area contributed by atoms with Crippen LogP contribution in [0.15, 0.2) is 41.3 Å². The van der Waals surface area contributed by atoms with Gasteiger partial charge in [0.25, 0.3) is 0 Å². The van der Waals surface area contributed by atoms with Crippen molar-refractivity contribution in [2.45, 2.75) is 12.5 Å². The van der Waals surface area contributed by atoms with E-state index in [9.17, 15) is 0 Å². The summed E-state index contributed by atoms with van der Waals surface area (Å²) in [4.78, 5) is 6.02. The van der Waals surface area contributed by atoms with Crippen LogP contribution < -0.4 is 0 Å². The highest BCUT2D eigenvalue weighted by Gasteiger charge is 2.28. The quantitative estimate of drug-likeness (QED) is 0.562. The third kappa shape index (κ3) is 1.07. The zero-order chi connectivity index (χ0) is 9.26. The normalized spacial score (nSPS) is 24.5. The fourth-order valence-electron chi connectivity index (χ4n) is 1.61. The van der Waals surface area contributed by atoms with Crippen LogP contribution in [0.5, 0.6) is 0 Å². The number of allylic oxidation sites excluding steroid dienone is 1. The minimum Gasteiger partial charge on any atom is -0.337 e. The van der Waals surface area contributed by atoms with Crippen LogP contribution >= 0.6 is 0 Å². The van der Waals surface area contributed by atoms with Gasteiger partial charge in [0.1, 0.15) is 0 Å². The van der Waals surface area contributed by atoms with Crippen LogP contribution in [0.25, 0.3) is 0 Å². The van der Waals surface area contributed by atoms with Crippen molar-refractivity contribution in [1.82, 2.24) is 4.90 Å². The Morgan fingerprint density at radius 1 is 1.77 bits per heavy atom. The van der Waals surface area contributed by atoms with Crippen molar-refractivity contribution in [2.24, 2.45) is 4.99 Å². The number of rotatable bonds is 1. The van der Waals surface area contributed by atoms with Crippen LogP contribution in [0.4, 0.5) is 0 Å². The standard InChI is InChI=1S/C10H9N3/c1-2-9-5-8(6-11)10-7-12-3-4-13(9)10/h2-4,7,9H,1,5H2/t9-/m0/s1. The second kappa shape index (κ2) is 2.91. The molecule has 0 bridgehead atoms. The van der Waals surface area contributed by atoms with E-state index in [1.165, 1.54) is 0 Å². The SMILES string of the molecule is C=C[C@H]1CC(C#N)=C2C=NC=CN21. The van der Waals surface area contributed by atoms with E-state index in [1.807, 2.05) is 17.2 Å². The zero-order valence-corrected chi connectivity index (χ0v) is 7.14. The van der Waals surface area contributed by atoms with Gasteiger partial charge in [-0.15, -0.1) is 6.58 Å². The van der Waals surface area contributed by atoms with Crippen molar-refractivity contribution in [2.75, 3.05) is 0 Å². The number of nitrogens with zero attached hydrogens (tertiary/aromatic N) is 3. The summed E-state index contributed by atoms with van der Waals surface area (Å²) in [5.74, 6) is 0. The van der Waals surface area contributed by atoms with Crippen LogP contribution in [0.2, 0.25) is 0 Å². The fourth-order valence-corrected chi connectivity index (χ4v) is 1.61. The lowest BCUT2D eigenvalue weighted by atomic mass is 10.1. The maximum absolute atomic E-state index is 8.86. The molecule has 0 aromatic heterocycles. The minimum absolute atomic E-state index is 0.215. The highest BCUT2D eigenvalue weighted by Crippen LogP contribution is 2.29. The van der Waals surface area contributed by atoms with Crippen molar-refractivity contribution in [3.63, 3.8) is 0 Å². The van der Waals surface area contributed by atoms with Gasteiger partial charge in [0.15, 0.2) is 0 Å². The van der Waals surface area contributed by atoms with E-state index in [1.54, 1.807) is 12.4 Å². The maximum atomic E-state index is 8.86. The minimum atomic E-state index is 0.215. The zero-order valence-electron chi connectivity index (χ0n) is 7.14. The second-order valence-corrected chi connectivity index (χ2v) is 2.97. The molecule has 2 heterocycles. The maximum Gasteiger partial charge on any atom is 0.0970 e. The van der Waals surface area contributed by atoms with E-state index in [-0.39, 0.29) is 6.04 Å². The number of hydrogen-bond donors (Lipinski definition) is 0. The number of aliphatic imine (C=N–C) groups is 1. The second-order valence-electron chi connectivity index (χ2n) is 2.97. The summed E-state index contributed by atoms with van der Waals surface area (Å²) < 4.78 is 0. The van der Waals surface area contributed by atoms with E-state index in [0.29, 0.717) is 0 Å². The molecule has 64 valence electrons. The monoisotopic (exact) mass is 171 g/mol. The topological polar surface area (TPSA) is 39.4 Å². The Morgan fingerprint density at radius 3 is 3.31 bits per heavy atom. The Morgan fingerprint density at radius 2 is 2.62 bits per heavy atom. The van der Waals surface area contributed by atoms with Crippen LogP contribution in [0.1, 0.15) is 6.42 Å². The first-order chi connectivity index (χ1) is 6.36. The molecule has 0 aromatic rings. The summed E-state index contributed by atoms with van der Waals surface area (Å²) in [6, 6.07) is 2.41. The molecular weight excluding hydrogens is 162 g/mol. The predicted molar refractivity (Wildman–Crippen MR) is 50.7 cm³/mol. The summed E-state index contributed by atoms with van der Waals surface area (Å²) in [6.45, 7) is 3.75. The smallest absolute Gasteiger partial charge is 0.0970 e. The molecule has 0 spiro atoms. The molecule has 1 atom stereocenters. The molecule has 0 unspecified atom stereocenters. The van der Waals surface area contributed by atoms with Crippen molar-refractivity contribution >= 4 is 6.21 Å². The first-order valence-electron chi connectivity index (χ1n) is 4.11. The van der Waals surface area contributed by atoms with Crippen molar-refractivity contribution in [3.8, 4) is 6.07 Å². The fraction of sp³-hybridized carbons (Fsp3) is 0.200.